The van der Waals surface area contributed by atoms with E-state index in [9.17, 15) is 23.3 Å². The Labute approximate surface area is 185 Å². The number of nitrogens with zero attached hydrogens (tertiary/aromatic N) is 2. The van der Waals surface area contributed by atoms with Crippen LogP contribution >= 0.6 is 0 Å². The predicted octanol–water partition coefficient (Wildman–Crippen LogP) is 4.18. The molecule has 0 bridgehead atoms. The highest BCUT2D eigenvalue weighted by Crippen LogP contribution is 2.27. The Kier molecular flexibility index (Phi) is 6.74. The Bertz CT molecular complexity index is 1210. The molecule has 0 saturated carbocycles. The lowest BCUT2D eigenvalue weighted by Crippen LogP contribution is -2.45. The number of nitro benzene ring substituents is 1. The van der Waals surface area contributed by atoms with E-state index in [4.69, 9.17) is 4.74 Å². The zero-order valence-corrected chi connectivity index (χ0v) is 18.2. The fourth-order valence-electron chi connectivity index (χ4n) is 3.04. The summed E-state index contributed by atoms with van der Waals surface area (Å²) in [5.41, 5.74) is 0.273. The number of non-ortho nitro benzene ring substituents is 1. The molecular weight excluding hydrogens is 434 g/mol. The molecule has 0 aliphatic carbocycles. The highest BCUT2D eigenvalue weighted by Gasteiger charge is 2.29. The fourth-order valence-corrected chi connectivity index (χ4v) is 4.21. The molecule has 3 rings (SSSR count). The van der Waals surface area contributed by atoms with Gasteiger partial charge in [-0.3, -0.25) is 19.2 Å². The molecule has 0 heterocycles. The van der Waals surface area contributed by atoms with Crippen LogP contribution in [0.5, 0.6) is 11.5 Å². The minimum absolute atomic E-state index is 0.190. The first kappa shape index (κ1) is 22.8. The van der Waals surface area contributed by atoms with E-state index in [2.05, 4.69) is 5.32 Å². The molecule has 9 nitrogen and oxygen atoms in total. The molecule has 0 aliphatic heterocycles. The summed E-state index contributed by atoms with van der Waals surface area (Å²) in [6.07, 6.45) is 0.999. The van der Waals surface area contributed by atoms with Crippen molar-refractivity contribution in [2.75, 3.05) is 15.9 Å². The minimum Gasteiger partial charge on any atom is -0.457 e. The highest BCUT2D eigenvalue weighted by molar-refractivity contribution is 7.92. The Morgan fingerprint density at radius 1 is 1.00 bits per heavy atom. The Hall–Kier alpha value is -3.92. The third-order valence-corrected chi connectivity index (χ3v) is 5.72. The van der Waals surface area contributed by atoms with Gasteiger partial charge in [-0.1, -0.05) is 24.3 Å². The lowest BCUT2D eigenvalue weighted by atomic mass is 10.2. The number of hydrogen-bond acceptors (Lipinski definition) is 6. The Morgan fingerprint density at radius 3 is 2.22 bits per heavy atom. The van der Waals surface area contributed by atoms with Gasteiger partial charge in [0.1, 0.15) is 17.5 Å². The lowest BCUT2D eigenvalue weighted by molar-refractivity contribution is -0.384. The summed E-state index contributed by atoms with van der Waals surface area (Å²) in [5.74, 6) is 0.493. The number of ether oxygens (including phenoxy) is 1. The summed E-state index contributed by atoms with van der Waals surface area (Å²) in [7, 11) is -3.82. The number of nitro groups is 1. The molecule has 166 valence electrons. The summed E-state index contributed by atoms with van der Waals surface area (Å²) < 4.78 is 31.6. The van der Waals surface area contributed by atoms with Crippen molar-refractivity contribution < 1.29 is 22.9 Å². The lowest BCUT2D eigenvalue weighted by Gasteiger charge is -2.28. The number of amides is 1. The van der Waals surface area contributed by atoms with Crippen LogP contribution in [-0.4, -0.2) is 31.5 Å². The van der Waals surface area contributed by atoms with Crippen LogP contribution in [0.25, 0.3) is 0 Å². The first-order chi connectivity index (χ1) is 15.1. The number of benzene rings is 3. The van der Waals surface area contributed by atoms with Crippen molar-refractivity contribution in [3.05, 3.63) is 89.0 Å². The monoisotopic (exact) mass is 455 g/mol. The van der Waals surface area contributed by atoms with Crippen molar-refractivity contribution in [2.45, 2.75) is 13.0 Å². The summed E-state index contributed by atoms with van der Waals surface area (Å²) in [6, 6.07) is 19.7. The van der Waals surface area contributed by atoms with E-state index >= 15 is 0 Å². The van der Waals surface area contributed by atoms with E-state index in [1.807, 2.05) is 18.2 Å². The predicted molar refractivity (Wildman–Crippen MR) is 121 cm³/mol. The summed E-state index contributed by atoms with van der Waals surface area (Å²) >= 11 is 0. The number of nitrogens with one attached hydrogen (secondary N) is 1. The maximum Gasteiger partial charge on any atom is 0.271 e. The zero-order chi connectivity index (χ0) is 23.3. The topological polar surface area (TPSA) is 119 Å². The van der Waals surface area contributed by atoms with Crippen LogP contribution < -0.4 is 14.4 Å². The molecule has 10 heteroatoms. The standard InChI is InChI=1S/C22H21N3O6S/c1-16(22(26)23-17-7-6-8-19(15-17)25(27)28)24(32(2,29)30)18-11-13-21(14-12-18)31-20-9-4-3-5-10-20/h3-16H,1-2H3,(H,23,26)/t16-/m1/s1. The van der Waals surface area contributed by atoms with Crippen molar-refractivity contribution in [1.82, 2.24) is 0 Å². The molecule has 3 aromatic rings. The van der Waals surface area contributed by atoms with Gasteiger partial charge in [0.2, 0.25) is 15.9 Å². The quantitative estimate of drug-likeness (QED) is 0.402. The van der Waals surface area contributed by atoms with Crippen molar-refractivity contribution in [1.29, 1.82) is 0 Å². The van der Waals surface area contributed by atoms with Gasteiger partial charge in [0, 0.05) is 17.8 Å². The van der Waals surface area contributed by atoms with E-state index in [1.165, 1.54) is 43.3 Å². The smallest absolute Gasteiger partial charge is 0.271 e. The second kappa shape index (κ2) is 9.48. The molecular formula is C22H21N3O6S. The molecule has 1 N–H and O–H groups in total. The van der Waals surface area contributed by atoms with Crippen LogP contribution in [0.3, 0.4) is 0 Å². The minimum atomic E-state index is -3.82. The fraction of sp³-hybridized carbons (Fsp3) is 0.136. The summed E-state index contributed by atoms with van der Waals surface area (Å²) in [4.78, 5) is 23.1. The highest BCUT2D eigenvalue weighted by atomic mass is 32.2. The third kappa shape index (κ3) is 5.61. The maximum absolute atomic E-state index is 12.8. The molecule has 0 radical (unpaired) electrons. The molecule has 0 unspecified atom stereocenters. The maximum atomic E-state index is 12.8. The third-order valence-electron chi connectivity index (χ3n) is 4.48. The second-order valence-electron chi connectivity index (χ2n) is 6.94. The van der Waals surface area contributed by atoms with Crippen LogP contribution in [-0.2, 0) is 14.8 Å². The molecule has 1 amide bonds. The van der Waals surface area contributed by atoms with Crippen molar-refractivity contribution in [3.63, 3.8) is 0 Å². The van der Waals surface area contributed by atoms with Crippen LogP contribution in [0.15, 0.2) is 78.9 Å². The molecule has 1 atom stereocenters. The van der Waals surface area contributed by atoms with Crippen LogP contribution in [0.2, 0.25) is 0 Å². The van der Waals surface area contributed by atoms with Gasteiger partial charge in [-0.25, -0.2) is 8.42 Å². The first-order valence-electron chi connectivity index (χ1n) is 9.53. The summed E-state index contributed by atoms with van der Waals surface area (Å²) in [5, 5.41) is 13.5. The van der Waals surface area contributed by atoms with E-state index in [0.29, 0.717) is 11.5 Å². The average molecular weight is 455 g/mol. The van der Waals surface area contributed by atoms with Crippen LogP contribution in [0.4, 0.5) is 17.1 Å². The van der Waals surface area contributed by atoms with Gasteiger partial charge in [0.25, 0.3) is 5.69 Å². The van der Waals surface area contributed by atoms with E-state index in [0.717, 1.165) is 10.6 Å². The SMILES string of the molecule is C[C@H](C(=O)Nc1cccc([N+](=O)[O-])c1)N(c1ccc(Oc2ccccc2)cc1)S(C)(=O)=O. The van der Waals surface area contributed by atoms with Crippen LogP contribution in [0, 0.1) is 10.1 Å². The molecule has 32 heavy (non-hydrogen) atoms. The second-order valence-corrected chi connectivity index (χ2v) is 8.80. The first-order valence-corrected chi connectivity index (χ1v) is 11.4. The average Bonchev–Trinajstić information content (AvgIpc) is 2.75. The van der Waals surface area contributed by atoms with E-state index in [-0.39, 0.29) is 17.1 Å². The molecule has 3 aromatic carbocycles. The van der Waals surface area contributed by atoms with E-state index < -0.39 is 26.9 Å². The van der Waals surface area contributed by atoms with Gasteiger partial charge >= 0.3 is 0 Å². The van der Waals surface area contributed by atoms with Gasteiger partial charge in [0.05, 0.1) is 16.9 Å². The van der Waals surface area contributed by atoms with Gasteiger partial charge in [-0.2, -0.15) is 0 Å². The molecule has 0 fully saturated rings. The number of carbonyl (C=O) groups is 1. The largest absolute Gasteiger partial charge is 0.457 e. The van der Waals surface area contributed by atoms with Crippen molar-refractivity contribution >= 4 is 33.0 Å². The zero-order valence-electron chi connectivity index (χ0n) is 17.3. The number of rotatable bonds is 8. The Balaban J connectivity index is 1.80. The Morgan fingerprint density at radius 2 is 1.62 bits per heavy atom. The van der Waals surface area contributed by atoms with Crippen molar-refractivity contribution in [2.24, 2.45) is 0 Å². The van der Waals surface area contributed by atoms with Crippen molar-refractivity contribution in [3.8, 4) is 11.5 Å². The molecule has 0 aromatic heterocycles. The van der Waals surface area contributed by atoms with Gasteiger partial charge in [-0.05, 0) is 49.4 Å². The van der Waals surface area contributed by atoms with Gasteiger partial charge in [0.15, 0.2) is 0 Å². The van der Waals surface area contributed by atoms with Gasteiger partial charge < -0.3 is 10.1 Å². The number of para-hydroxylation sites is 1. The molecule has 0 aliphatic rings. The number of sulfonamides is 1. The van der Waals surface area contributed by atoms with E-state index in [1.54, 1.807) is 24.3 Å². The summed E-state index contributed by atoms with van der Waals surface area (Å²) in [6.45, 7) is 1.43. The number of anilines is 2. The number of carbonyl (C=O) groups excluding carboxylic acids is 1. The molecule has 0 spiro atoms. The normalized spacial score (nSPS) is 11.9. The number of hydrogen-bond donors (Lipinski definition) is 1. The van der Waals surface area contributed by atoms with Gasteiger partial charge in [-0.15, -0.1) is 0 Å². The van der Waals surface area contributed by atoms with Crippen LogP contribution in [0.1, 0.15) is 6.92 Å². The molecule has 0 saturated heterocycles.